The van der Waals surface area contributed by atoms with Crippen molar-refractivity contribution >= 4 is 23.0 Å². The number of H-pyrrole nitrogens is 1. The monoisotopic (exact) mass is 325 g/mol. The quantitative estimate of drug-likeness (QED) is 0.721. The molecule has 0 spiro atoms. The van der Waals surface area contributed by atoms with Crippen molar-refractivity contribution in [2.24, 2.45) is 0 Å². The van der Waals surface area contributed by atoms with Crippen LogP contribution in [0.2, 0.25) is 0 Å². The van der Waals surface area contributed by atoms with Gasteiger partial charge in [-0.2, -0.15) is 10.5 Å². The number of rotatable bonds is 3. The standard InChI is InChI=1S/C14H7N5O3S/c15-4-8-6-17-19-12(20)3-9(18-13(8)19)7-22-14(21)11-2-1-10(5-16)23-11/h1-3,6,17H,7H2. The van der Waals surface area contributed by atoms with E-state index in [1.54, 1.807) is 0 Å². The summed E-state index contributed by atoms with van der Waals surface area (Å²) in [5.41, 5.74) is 0.211. The zero-order valence-corrected chi connectivity index (χ0v) is 12.3. The Morgan fingerprint density at radius 2 is 2.22 bits per heavy atom. The van der Waals surface area contributed by atoms with Crippen LogP contribution in [0.25, 0.3) is 5.65 Å². The molecule has 0 fully saturated rings. The molecule has 0 saturated carbocycles. The van der Waals surface area contributed by atoms with Crippen molar-refractivity contribution < 1.29 is 9.53 Å². The van der Waals surface area contributed by atoms with Gasteiger partial charge in [-0.05, 0) is 12.1 Å². The molecule has 0 unspecified atom stereocenters. The summed E-state index contributed by atoms with van der Waals surface area (Å²) in [6.07, 6.45) is 1.37. The summed E-state index contributed by atoms with van der Waals surface area (Å²) < 4.78 is 6.21. The summed E-state index contributed by atoms with van der Waals surface area (Å²) in [7, 11) is 0. The van der Waals surface area contributed by atoms with Crippen molar-refractivity contribution in [1.29, 1.82) is 10.5 Å². The fourth-order valence-corrected chi connectivity index (χ4v) is 2.60. The average Bonchev–Trinajstić information content (AvgIpc) is 3.19. The highest BCUT2D eigenvalue weighted by Crippen LogP contribution is 2.17. The molecule has 0 aromatic carbocycles. The van der Waals surface area contributed by atoms with Crippen LogP contribution in [-0.2, 0) is 11.3 Å². The highest BCUT2D eigenvalue weighted by molar-refractivity contribution is 7.14. The molecule has 9 heteroatoms. The third-order valence-corrected chi connectivity index (χ3v) is 3.91. The van der Waals surface area contributed by atoms with Crippen LogP contribution in [0, 0.1) is 22.7 Å². The highest BCUT2D eigenvalue weighted by atomic mass is 32.1. The maximum Gasteiger partial charge on any atom is 0.348 e. The number of nitrogens with one attached hydrogen (secondary N) is 1. The normalized spacial score (nSPS) is 10.2. The Kier molecular flexibility index (Phi) is 3.63. The lowest BCUT2D eigenvalue weighted by Crippen LogP contribution is -2.16. The molecule has 1 N–H and O–H groups in total. The molecule has 3 aromatic rings. The third kappa shape index (κ3) is 2.69. The number of carbonyl (C=O) groups excluding carboxylic acids is 1. The van der Waals surface area contributed by atoms with E-state index in [4.69, 9.17) is 15.3 Å². The first-order chi connectivity index (χ1) is 11.1. The summed E-state index contributed by atoms with van der Waals surface area (Å²) in [5, 5.41) is 20.3. The van der Waals surface area contributed by atoms with Gasteiger partial charge in [-0.1, -0.05) is 0 Å². The van der Waals surface area contributed by atoms with Crippen molar-refractivity contribution in [3.05, 3.63) is 55.8 Å². The van der Waals surface area contributed by atoms with E-state index in [1.165, 1.54) is 24.4 Å². The number of carbonyl (C=O) groups is 1. The number of nitriles is 2. The Hall–Kier alpha value is -3.43. The zero-order chi connectivity index (χ0) is 16.4. The molecule has 3 heterocycles. The minimum Gasteiger partial charge on any atom is -0.455 e. The highest BCUT2D eigenvalue weighted by Gasteiger charge is 2.13. The molecule has 0 radical (unpaired) electrons. The second-order valence-corrected chi connectivity index (χ2v) is 5.48. The van der Waals surface area contributed by atoms with E-state index in [0.29, 0.717) is 9.75 Å². The van der Waals surface area contributed by atoms with E-state index >= 15 is 0 Å². The number of hydrogen-bond acceptors (Lipinski definition) is 7. The molecule has 3 rings (SSSR count). The maximum atomic E-state index is 11.9. The third-order valence-electron chi connectivity index (χ3n) is 2.94. The number of ether oxygens (including phenoxy) is 1. The van der Waals surface area contributed by atoms with Gasteiger partial charge in [0.25, 0.3) is 5.56 Å². The maximum absolute atomic E-state index is 11.9. The number of aromatic amines is 1. The van der Waals surface area contributed by atoms with Crippen molar-refractivity contribution in [3.8, 4) is 12.1 Å². The number of nitrogens with zero attached hydrogens (tertiary/aromatic N) is 4. The van der Waals surface area contributed by atoms with Gasteiger partial charge in [-0.15, -0.1) is 11.3 Å². The predicted octanol–water partition coefficient (Wildman–Crippen LogP) is 1.18. The summed E-state index contributed by atoms with van der Waals surface area (Å²) in [5.74, 6) is -0.604. The topological polar surface area (TPSA) is 124 Å². The van der Waals surface area contributed by atoms with E-state index < -0.39 is 11.5 Å². The Morgan fingerprint density at radius 1 is 1.39 bits per heavy atom. The van der Waals surface area contributed by atoms with Crippen LogP contribution in [0.5, 0.6) is 0 Å². The van der Waals surface area contributed by atoms with Gasteiger partial charge < -0.3 is 4.74 Å². The molecule has 112 valence electrons. The summed E-state index contributed by atoms with van der Waals surface area (Å²) in [6, 6.07) is 8.08. The Balaban J connectivity index is 1.82. The second kappa shape index (κ2) is 5.75. The van der Waals surface area contributed by atoms with Gasteiger partial charge >= 0.3 is 5.97 Å². The van der Waals surface area contributed by atoms with Gasteiger partial charge in [-0.25, -0.2) is 14.3 Å². The number of hydrogen-bond donors (Lipinski definition) is 1. The van der Waals surface area contributed by atoms with E-state index in [2.05, 4.69) is 10.1 Å². The number of esters is 1. The summed E-state index contributed by atoms with van der Waals surface area (Å²) >= 11 is 1.02. The van der Waals surface area contributed by atoms with Crippen molar-refractivity contribution in [2.45, 2.75) is 6.61 Å². The number of thiophene rings is 1. The first kappa shape index (κ1) is 14.5. The lowest BCUT2D eigenvalue weighted by molar-refractivity contribution is 0.0473. The molecule has 3 aromatic heterocycles. The minimum absolute atomic E-state index is 0.175. The van der Waals surface area contributed by atoms with Gasteiger partial charge in [0.05, 0.1) is 5.69 Å². The molecule has 0 aliphatic heterocycles. The Labute approximate surface area is 132 Å². The van der Waals surface area contributed by atoms with Gasteiger partial charge in [-0.3, -0.25) is 9.89 Å². The van der Waals surface area contributed by atoms with Gasteiger partial charge in [0.2, 0.25) is 0 Å². The zero-order valence-electron chi connectivity index (χ0n) is 11.4. The molecule has 0 amide bonds. The molecule has 8 nitrogen and oxygen atoms in total. The van der Waals surface area contributed by atoms with Crippen LogP contribution >= 0.6 is 11.3 Å². The Morgan fingerprint density at radius 3 is 2.91 bits per heavy atom. The van der Waals surface area contributed by atoms with E-state index in [-0.39, 0.29) is 23.5 Å². The molecule has 23 heavy (non-hydrogen) atoms. The van der Waals surface area contributed by atoms with Crippen LogP contribution in [0.4, 0.5) is 0 Å². The van der Waals surface area contributed by atoms with Crippen LogP contribution in [0.1, 0.15) is 25.8 Å². The lowest BCUT2D eigenvalue weighted by atomic mass is 10.3. The Bertz CT molecular complexity index is 1050. The molecule has 0 aliphatic rings. The smallest absolute Gasteiger partial charge is 0.348 e. The fraction of sp³-hybridized carbons (Fsp3) is 0.0714. The second-order valence-electron chi connectivity index (χ2n) is 4.40. The summed E-state index contributed by atoms with van der Waals surface area (Å²) in [6.45, 7) is -0.208. The van der Waals surface area contributed by atoms with E-state index in [9.17, 15) is 9.59 Å². The fourth-order valence-electron chi connectivity index (χ4n) is 1.90. The molecule has 0 saturated heterocycles. The first-order valence-electron chi connectivity index (χ1n) is 6.29. The van der Waals surface area contributed by atoms with Crippen LogP contribution in [-0.4, -0.2) is 20.6 Å². The van der Waals surface area contributed by atoms with E-state index in [0.717, 1.165) is 15.9 Å². The molecule has 0 atom stereocenters. The van der Waals surface area contributed by atoms with Gasteiger partial charge in [0.1, 0.15) is 34.1 Å². The van der Waals surface area contributed by atoms with Crippen molar-refractivity contribution in [3.63, 3.8) is 0 Å². The van der Waals surface area contributed by atoms with Crippen LogP contribution in [0.3, 0.4) is 0 Å². The predicted molar refractivity (Wildman–Crippen MR) is 78.7 cm³/mol. The average molecular weight is 325 g/mol. The van der Waals surface area contributed by atoms with E-state index in [1.807, 2.05) is 12.1 Å². The molecular weight excluding hydrogens is 318 g/mol. The van der Waals surface area contributed by atoms with Gasteiger partial charge in [0.15, 0.2) is 5.65 Å². The molecule has 0 bridgehead atoms. The first-order valence-corrected chi connectivity index (χ1v) is 7.11. The lowest BCUT2D eigenvalue weighted by Gasteiger charge is -2.03. The largest absolute Gasteiger partial charge is 0.455 e. The SMILES string of the molecule is N#Cc1ccc(C(=O)OCc2cc(=O)n3[nH]cc(C#N)c3n2)s1. The van der Waals surface area contributed by atoms with Crippen molar-refractivity contribution in [2.75, 3.05) is 0 Å². The van der Waals surface area contributed by atoms with Crippen LogP contribution < -0.4 is 5.56 Å². The number of fused-ring (bicyclic) bond motifs is 1. The van der Waals surface area contributed by atoms with Crippen molar-refractivity contribution in [1.82, 2.24) is 14.6 Å². The minimum atomic E-state index is -0.604. The molecule has 0 aliphatic carbocycles. The van der Waals surface area contributed by atoms with Gasteiger partial charge in [0, 0.05) is 12.3 Å². The summed E-state index contributed by atoms with van der Waals surface area (Å²) in [4.78, 5) is 28.6. The van der Waals surface area contributed by atoms with Crippen LogP contribution in [0.15, 0.2) is 29.2 Å². The molecular formula is C14H7N5O3S. The number of aromatic nitrogens is 3.